The molecule has 144 valence electrons. The highest BCUT2D eigenvalue weighted by Crippen LogP contribution is 2.24. The van der Waals surface area contributed by atoms with Gasteiger partial charge >= 0.3 is 11.9 Å². The number of aliphatic carboxylic acids is 2. The predicted octanol–water partition coefficient (Wildman–Crippen LogP) is 3.03. The van der Waals surface area contributed by atoms with Crippen LogP contribution in [0, 0.1) is 11.8 Å². The summed E-state index contributed by atoms with van der Waals surface area (Å²) < 4.78 is 5.31. The Hall–Kier alpha value is -1.40. The molecule has 1 aliphatic heterocycles. The molecule has 0 bridgehead atoms. The van der Waals surface area contributed by atoms with Gasteiger partial charge in [0.2, 0.25) is 0 Å². The Kier molecular flexibility index (Phi) is 9.75. The number of hydrogen-bond acceptors (Lipinski definition) is 4. The van der Waals surface area contributed by atoms with Gasteiger partial charge in [0.15, 0.2) is 0 Å². The van der Waals surface area contributed by atoms with Gasteiger partial charge in [-0.25, -0.2) is 9.59 Å². The van der Waals surface area contributed by atoms with E-state index in [-0.39, 0.29) is 17.1 Å². The SMILES string of the molecule is CC(C)C(C)C/C(C(=O)O)=C(/CCCCCN1CCOCC1)C(=O)O. The first-order valence-electron chi connectivity index (χ1n) is 9.31. The van der Waals surface area contributed by atoms with Gasteiger partial charge in [-0.1, -0.05) is 27.2 Å². The Morgan fingerprint density at radius 2 is 1.56 bits per heavy atom. The number of nitrogens with zero attached hydrogens (tertiary/aromatic N) is 1. The Labute approximate surface area is 150 Å². The summed E-state index contributed by atoms with van der Waals surface area (Å²) in [5.41, 5.74) is 0.147. The van der Waals surface area contributed by atoms with E-state index >= 15 is 0 Å². The monoisotopic (exact) mass is 355 g/mol. The molecule has 2 N–H and O–H groups in total. The molecule has 1 fully saturated rings. The minimum Gasteiger partial charge on any atom is -0.478 e. The molecule has 25 heavy (non-hydrogen) atoms. The minimum absolute atomic E-state index is 0.0712. The fraction of sp³-hybridized carbons (Fsp3) is 0.789. The maximum absolute atomic E-state index is 11.6. The summed E-state index contributed by atoms with van der Waals surface area (Å²) >= 11 is 0. The van der Waals surface area contributed by atoms with E-state index in [4.69, 9.17) is 4.74 Å². The van der Waals surface area contributed by atoms with E-state index in [0.717, 1.165) is 45.7 Å². The molecular formula is C19H33NO5. The third-order valence-corrected chi connectivity index (χ3v) is 5.05. The number of unbranched alkanes of at least 4 members (excludes halogenated alkanes) is 2. The highest BCUT2D eigenvalue weighted by Gasteiger charge is 2.23. The molecule has 0 aromatic heterocycles. The fourth-order valence-electron chi connectivity index (χ4n) is 2.92. The second-order valence-corrected chi connectivity index (χ2v) is 7.26. The standard InChI is InChI=1S/C19H33NO5/c1-14(2)15(3)13-17(19(23)24)16(18(21)22)7-5-4-6-8-20-9-11-25-12-10-20/h14-15H,4-13H2,1-3H3,(H,21,22)(H,23,24)/b17-16+. The number of ether oxygens (including phenoxy) is 1. The Bertz CT molecular complexity index is 466. The van der Waals surface area contributed by atoms with Crippen molar-refractivity contribution in [2.75, 3.05) is 32.8 Å². The Morgan fingerprint density at radius 1 is 0.960 bits per heavy atom. The Morgan fingerprint density at radius 3 is 2.08 bits per heavy atom. The molecule has 1 rings (SSSR count). The van der Waals surface area contributed by atoms with Crippen molar-refractivity contribution in [1.82, 2.24) is 4.90 Å². The fourth-order valence-corrected chi connectivity index (χ4v) is 2.92. The van der Waals surface area contributed by atoms with Crippen LogP contribution in [0.3, 0.4) is 0 Å². The number of carboxylic acid groups (broad SMARTS) is 2. The second-order valence-electron chi connectivity index (χ2n) is 7.26. The zero-order chi connectivity index (χ0) is 18.8. The van der Waals surface area contributed by atoms with Gasteiger partial charge in [-0.2, -0.15) is 0 Å². The zero-order valence-corrected chi connectivity index (χ0v) is 15.8. The summed E-state index contributed by atoms with van der Waals surface area (Å²) in [6.07, 6.45) is 3.24. The lowest BCUT2D eigenvalue weighted by Gasteiger charge is -2.26. The normalized spacial score (nSPS) is 18.1. The average molecular weight is 355 g/mol. The first kappa shape index (κ1) is 21.6. The van der Waals surface area contributed by atoms with Crippen molar-refractivity contribution in [1.29, 1.82) is 0 Å². The van der Waals surface area contributed by atoms with Crippen LogP contribution in [-0.2, 0) is 14.3 Å². The van der Waals surface area contributed by atoms with Crippen molar-refractivity contribution in [3.05, 3.63) is 11.1 Å². The van der Waals surface area contributed by atoms with E-state index < -0.39 is 11.9 Å². The number of rotatable bonds is 11. The number of carbonyl (C=O) groups is 2. The molecule has 1 aliphatic rings. The second kappa shape index (κ2) is 11.3. The van der Waals surface area contributed by atoms with Crippen LogP contribution in [-0.4, -0.2) is 59.9 Å². The maximum atomic E-state index is 11.6. The van der Waals surface area contributed by atoms with Crippen LogP contribution in [0.25, 0.3) is 0 Å². The van der Waals surface area contributed by atoms with Crippen molar-refractivity contribution < 1.29 is 24.5 Å². The van der Waals surface area contributed by atoms with Crippen molar-refractivity contribution in [2.45, 2.75) is 52.9 Å². The van der Waals surface area contributed by atoms with E-state index in [1.54, 1.807) is 0 Å². The molecule has 0 aromatic rings. The topological polar surface area (TPSA) is 87.1 Å². The Balaban J connectivity index is 2.54. The highest BCUT2D eigenvalue weighted by atomic mass is 16.5. The molecular weight excluding hydrogens is 322 g/mol. The van der Waals surface area contributed by atoms with Crippen LogP contribution in [0.15, 0.2) is 11.1 Å². The van der Waals surface area contributed by atoms with Crippen LogP contribution in [0.2, 0.25) is 0 Å². The molecule has 1 heterocycles. The van der Waals surface area contributed by atoms with Crippen LogP contribution < -0.4 is 0 Å². The minimum atomic E-state index is -1.10. The van der Waals surface area contributed by atoms with Crippen molar-refractivity contribution in [3.63, 3.8) is 0 Å². The van der Waals surface area contributed by atoms with Crippen LogP contribution in [0.5, 0.6) is 0 Å². The predicted molar refractivity (Wildman–Crippen MR) is 96.6 cm³/mol. The van der Waals surface area contributed by atoms with Gasteiger partial charge < -0.3 is 14.9 Å². The first-order chi connectivity index (χ1) is 11.8. The largest absolute Gasteiger partial charge is 0.478 e. The van der Waals surface area contributed by atoms with E-state index in [0.29, 0.717) is 25.2 Å². The van der Waals surface area contributed by atoms with Crippen molar-refractivity contribution in [3.8, 4) is 0 Å². The summed E-state index contributed by atoms with van der Waals surface area (Å²) in [6, 6.07) is 0. The summed E-state index contributed by atoms with van der Waals surface area (Å²) in [4.78, 5) is 25.5. The van der Waals surface area contributed by atoms with Gasteiger partial charge in [-0.15, -0.1) is 0 Å². The molecule has 0 aliphatic carbocycles. The lowest BCUT2D eigenvalue weighted by molar-refractivity contribution is -0.136. The summed E-state index contributed by atoms with van der Waals surface area (Å²) in [6.45, 7) is 10.5. The van der Waals surface area contributed by atoms with E-state index in [1.807, 2.05) is 20.8 Å². The molecule has 6 nitrogen and oxygen atoms in total. The summed E-state index contributed by atoms with van der Waals surface area (Å²) in [5, 5.41) is 18.9. The number of carboxylic acids is 2. The third-order valence-electron chi connectivity index (χ3n) is 5.05. The van der Waals surface area contributed by atoms with E-state index in [2.05, 4.69) is 4.90 Å². The molecule has 1 unspecified atom stereocenters. The maximum Gasteiger partial charge on any atom is 0.332 e. The lowest BCUT2D eigenvalue weighted by atomic mass is 9.88. The zero-order valence-electron chi connectivity index (χ0n) is 15.8. The molecule has 0 amide bonds. The number of hydrogen-bond donors (Lipinski definition) is 2. The van der Waals surface area contributed by atoms with Gasteiger partial charge in [0.1, 0.15) is 0 Å². The quantitative estimate of drug-likeness (QED) is 0.438. The average Bonchev–Trinajstić information content (AvgIpc) is 2.56. The molecule has 0 radical (unpaired) electrons. The lowest BCUT2D eigenvalue weighted by Crippen LogP contribution is -2.36. The van der Waals surface area contributed by atoms with Crippen LogP contribution in [0.1, 0.15) is 52.9 Å². The molecule has 6 heteroatoms. The molecule has 1 saturated heterocycles. The van der Waals surface area contributed by atoms with E-state index in [9.17, 15) is 19.8 Å². The summed E-state index contributed by atoms with van der Waals surface area (Å²) in [5.74, 6) is -1.74. The highest BCUT2D eigenvalue weighted by molar-refractivity contribution is 5.98. The smallest absolute Gasteiger partial charge is 0.332 e. The van der Waals surface area contributed by atoms with Crippen molar-refractivity contribution in [2.24, 2.45) is 11.8 Å². The van der Waals surface area contributed by atoms with Crippen molar-refractivity contribution >= 4 is 11.9 Å². The first-order valence-corrected chi connectivity index (χ1v) is 9.31. The molecule has 0 saturated carbocycles. The molecule has 0 spiro atoms. The van der Waals surface area contributed by atoms with Crippen LogP contribution in [0.4, 0.5) is 0 Å². The number of morpholine rings is 1. The van der Waals surface area contributed by atoms with Crippen LogP contribution >= 0.6 is 0 Å². The molecule has 0 aromatic carbocycles. The van der Waals surface area contributed by atoms with Gasteiger partial charge in [0.05, 0.1) is 13.2 Å². The molecule has 1 atom stereocenters. The van der Waals surface area contributed by atoms with Gasteiger partial charge in [-0.3, -0.25) is 4.90 Å². The van der Waals surface area contributed by atoms with E-state index in [1.165, 1.54) is 0 Å². The van der Waals surface area contributed by atoms with Gasteiger partial charge in [0, 0.05) is 24.2 Å². The van der Waals surface area contributed by atoms with Gasteiger partial charge in [-0.05, 0) is 44.1 Å². The van der Waals surface area contributed by atoms with Gasteiger partial charge in [0.25, 0.3) is 0 Å². The summed E-state index contributed by atoms with van der Waals surface area (Å²) in [7, 11) is 0. The third kappa shape index (κ3) is 8.01.